The summed E-state index contributed by atoms with van der Waals surface area (Å²) in [5.41, 5.74) is -1.50. The number of aromatic carboxylic acids is 1. The first-order valence-corrected chi connectivity index (χ1v) is 4.35. The summed E-state index contributed by atoms with van der Waals surface area (Å²) in [7, 11) is 0. The van der Waals surface area contributed by atoms with E-state index in [-0.39, 0.29) is 5.69 Å². The summed E-state index contributed by atoms with van der Waals surface area (Å²) < 4.78 is 0. The number of rotatable bonds is 3. The lowest BCUT2D eigenvalue weighted by molar-refractivity contribution is -0.384. The van der Waals surface area contributed by atoms with E-state index in [4.69, 9.17) is 5.11 Å². The average Bonchev–Trinajstić information content (AvgIpc) is 2.19. The van der Waals surface area contributed by atoms with Crippen molar-refractivity contribution in [1.29, 1.82) is 0 Å². The first-order chi connectivity index (χ1) is 7.82. The van der Waals surface area contributed by atoms with Gasteiger partial charge < -0.3 is 15.5 Å². The largest absolute Gasteiger partial charge is 0.505 e. The zero-order valence-electron chi connectivity index (χ0n) is 8.63. The van der Waals surface area contributed by atoms with Crippen LogP contribution < -0.4 is 5.32 Å². The van der Waals surface area contributed by atoms with Crippen molar-refractivity contribution < 1.29 is 24.7 Å². The maximum Gasteiger partial charge on any atom is 0.339 e. The average molecular weight is 240 g/mol. The van der Waals surface area contributed by atoms with Crippen molar-refractivity contribution in [3.63, 3.8) is 0 Å². The fourth-order valence-electron chi connectivity index (χ4n) is 1.17. The Morgan fingerprint density at radius 3 is 2.41 bits per heavy atom. The van der Waals surface area contributed by atoms with Gasteiger partial charge in [0, 0.05) is 19.1 Å². The molecule has 0 saturated heterocycles. The number of nitro benzene ring substituents is 1. The van der Waals surface area contributed by atoms with Crippen LogP contribution in [0.4, 0.5) is 11.4 Å². The molecule has 8 heteroatoms. The van der Waals surface area contributed by atoms with Gasteiger partial charge in [-0.25, -0.2) is 4.79 Å². The predicted molar refractivity (Wildman–Crippen MR) is 56.0 cm³/mol. The number of nitrogens with zero attached hydrogens (tertiary/aromatic N) is 1. The van der Waals surface area contributed by atoms with Gasteiger partial charge in [-0.15, -0.1) is 0 Å². The molecule has 0 atom stereocenters. The molecule has 0 spiro atoms. The number of phenols is 1. The highest BCUT2D eigenvalue weighted by Gasteiger charge is 2.20. The van der Waals surface area contributed by atoms with E-state index in [9.17, 15) is 24.8 Å². The molecule has 0 bridgehead atoms. The van der Waals surface area contributed by atoms with Gasteiger partial charge in [-0.05, 0) is 0 Å². The van der Waals surface area contributed by atoms with Crippen LogP contribution in [0.2, 0.25) is 0 Å². The van der Waals surface area contributed by atoms with Gasteiger partial charge in [-0.2, -0.15) is 0 Å². The van der Waals surface area contributed by atoms with E-state index in [1.165, 1.54) is 0 Å². The summed E-state index contributed by atoms with van der Waals surface area (Å²) in [5, 5.41) is 30.9. The van der Waals surface area contributed by atoms with Gasteiger partial charge >= 0.3 is 5.97 Å². The molecule has 0 fully saturated rings. The van der Waals surface area contributed by atoms with Crippen LogP contribution in [-0.4, -0.2) is 27.0 Å². The summed E-state index contributed by atoms with van der Waals surface area (Å²) in [6, 6.07) is 1.59. The Labute approximate surface area is 94.6 Å². The van der Waals surface area contributed by atoms with Crippen LogP contribution in [0, 0.1) is 10.1 Å². The van der Waals surface area contributed by atoms with Crippen molar-refractivity contribution in [3.8, 4) is 5.75 Å². The lowest BCUT2D eigenvalue weighted by atomic mass is 10.1. The molecule has 0 saturated carbocycles. The number of benzene rings is 1. The van der Waals surface area contributed by atoms with Crippen molar-refractivity contribution in [2.75, 3.05) is 5.32 Å². The summed E-state index contributed by atoms with van der Waals surface area (Å²) in [4.78, 5) is 31.2. The predicted octanol–water partition coefficient (Wildman–Crippen LogP) is 0.957. The molecular formula is C9H8N2O6. The Morgan fingerprint density at radius 1 is 1.41 bits per heavy atom. The summed E-state index contributed by atoms with van der Waals surface area (Å²) in [6.45, 7) is 1.12. The van der Waals surface area contributed by atoms with Gasteiger partial charge in [0.1, 0.15) is 5.56 Å². The Bertz CT molecular complexity index is 510. The van der Waals surface area contributed by atoms with E-state index >= 15 is 0 Å². The minimum Gasteiger partial charge on any atom is -0.505 e. The lowest BCUT2D eigenvalue weighted by Crippen LogP contribution is -2.08. The number of hydrogen-bond donors (Lipinski definition) is 3. The van der Waals surface area contributed by atoms with Crippen LogP contribution in [0.25, 0.3) is 0 Å². The number of non-ortho nitro benzene ring substituents is 1. The highest BCUT2D eigenvalue weighted by molar-refractivity contribution is 5.98. The van der Waals surface area contributed by atoms with E-state index < -0.39 is 33.8 Å². The SMILES string of the molecule is CC(=O)Nc1cc([N+](=O)[O-])cc(C(=O)O)c1O. The highest BCUT2D eigenvalue weighted by Crippen LogP contribution is 2.32. The number of nitro groups is 1. The summed E-state index contributed by atoms with van der Waals surface area (Å²) >= 11 is 0. The number of aromatic hydroxyl groups is 1. The molecule has 90 valence electrons. The van der Waals surface area contributed by atoms with Gasteiger partial charge in [-0.3, -0.25) is 14.9 Å². The van der Waals surface area contributed by atoms with Crippen molar-refractivity contribution in [2.24, 2.45) is 0 Å². The van der Waals surface area contributed by atoms with E-state index in [0.717, 1.165) is 13.0 Å². The van der Waals surface area contributed by atoms with Gasteiger partial charge in [0.25, 0.3) is 5.69 Å². The molecule has 17 heavy (non-hydrogen) atoms. The smallest absolute Gasteiger partial charge is 0.339 e. The number of carboxylic acids is 1. The quantitative estimate of drug-likeness (QED) is 0.409. The highest BCUT2D eigenvalue weighted by atomic mass is 16.6. The number of anilines is 1. The Balaban J connectivity index is 3.42. The second kappa shape index (κ2) is 4.47. The second-order valence-corrected chi connectivity index (χ2v) is 3.13. The van der Waals surface area contributed by atoms with E-state index in [2.05, 4.69) is 5.32 Å². The zero-order chi connectivity index (χ0) is 13.2. The van der Waals surface area contributed by atoms with Gasteiger partial charge in [0.15, 0.2) is 5.75 Å². The van der Waals surface area contributed by atoms with Crippen LogP contribution in [0.5, 0.6) is 5.75 Å². The molecule has 1 rings (SSSR count). The topological polar surface area (TPSA) is 130 Å². The maximum absolute atomic E-state index is 10.8. The lowest BCUT2D eigenvalue weighted by Gasteiger charge is -2.07. The minimum absolute atomic E-state index is 0.316. The molecular weight excluding hydrogens is 232 g/mol. The molecule has 0 aliphatic carbocycles. The Kier molecular flexibility index (Phi) is 3.27. The third-order valence-electron chi connectivity index (χ3n) is 1.85. The molecule has 0 unspecified atom stereocenters. The molecule has 3 N–H and O–H groups in total. The number of carbonyl (C=O) groups is 2. The first kappa shape index (κ1) is 12.4. The van der Waals surface area contributed by atoms with Crippen LogP contribution in [0.1, 0.15) is 17.3 Å². The monoisotopic (exact) mass is 240 g/mol. The second-order valence-electron chi connectivity index (χ2n) is 3.13. The van der Waals surface area contributed by atoms with E-state index in [1.807, 2.05) is 0 Å². The molecule has 1 amide bonds. The van der Waals surface area contributed by atoms with Crippen molar-refractivity contribution in [2.45, 2.75) is 6.92 Å². The summed E-state index contributed by atoms with van der Waals surface area (Å²) in [6.07, 6.45) is 0. The third-order valence-corrected chi connectivity index (χ3v) is 1.85. The van der Waals surface area contributed by atoms with Crippen LogP contribution in [-0.2, 0) is 4.79 Å². The van der Waals surface area contributed by atoms with Crippen molar-refractivity contribution in [1.82, 2.24) is 0 Å². The Hall–Kier alpha value is -2.64. The van der Waals surface area contributed by atoms with Gasteiger partial charge in [0.05, 0.1) is 10.6 Å². The third kappa shape index (κ3) is 2.68. The first-order valence-electron chi connectivity index (χ1n) is 4.35. The molecule has 0 radical (unpaired) electrons. The Morgan fingerprint density at radius 2 is 2.00 bits per heavy atom. The van der Waals surface area contributed by atoms with E-state index in [0.29, 0.717) is 6.07 Å². The fourth-order valence-corrected chi connectivity index (χ4v) is 1.17. The minimum atomic E-state index is -1.53. The number of carboxylic acid groups (broad SMARTS) is 1. The molecule has 0 aliphatic rings. The molecule has 0 aliphatic heterocycles. The number of nitrogens with one attached hydrogen (secondary N) is 1. The summed E-state index contributed by atoms with van der Waals surface area (Å²) in [5.74, 6) is -2.84. The fraction of sp³-hybridized carbons (Fsp3) is 0.111. The molecule has 0 aromatic heterocycles. The number of carbonyl (C=O) groups excluding carboxylic acids is 1. The number of amides is 1. The maximum atomic E-state index is 10.8. The van der Waals surface area contributed by atoms with E-state index in [1.54, 1.807) is 0 Å². The van der Waals surface area contributed by atoms with Gasteiger partial charge in [0.2, 0.25) is 5.91 Å². The molecule has 0 heterocycles. The van der Waals surface area contributed by atoms with Gasteiger partial charge in [-0.1, -0.05) is 0 Å². The molecule has 1 aromatic carbocycles. The van der Waals surface area contributed by atoms with Crippen molar-refractivity contribution in [3.05, 3.63) is 27.8 Å². The zero-order valence-corrected chi connectivity index (χ0v) is 8.63. The standard InChI is InChI=1S/C9H8N2O6/c1-4(12)10-7-3-5(11(16)17)2-6(8(7)13)9(14)15/h2-3,13H,1H3,(H,10,12)(H,14,15). The molecule has 1 aromatic rings. The normalized spacial score (nSPS) is 9.71. The van der Waals surface area contributed by atoms with Crippen LogP contribution in [0.3, 0.4) is 0 Å². The van der Waals surface area contributed by atoms with Crippen LogP contribution in [0.15, 0.2) is 12.1 Å². The van der Waals surface area contributed by atoms with Crippen molar-refractivity contribution >= 4 is 23.3 Å². The number of hydrogen-bond acceptors (Lipinski definition) is 5. The van der Waals surface area contributed by atoms with Crippen LogP contribution >= 0.6 is 0 Å². The molecule has 8 nitrogen and oxygen atoms in total.